The zero-order chi connectivity index (χ0) is 14.2. The smallest absolute Gasteiger partial charge is 0.239 e. The molecule has 1 fully saturated rings. The van der Waals surface area contributed by atoms with Crippen LogP contribution in [0, 0.1) is 13.8 Å². The van der Waals surface area contributed by atoms with Gasteiger partial charge in [0, 0.05) is 24.8 Å². The van der Waals surface area contributed by atoms with Crippen LogP contribution in [0.15, 0.2) is 0 Å². The van der Waals surface area contributed by atoms with Gasteiger partial charge in [-0.25, -0.2) is 0 Å². The van der Waals surface area contributed by atoms with Gasteiger partial charge < -0.3 is 15.4 Å². The average Bonchev–Trinajstić information content (AvgIpc) is 2.62. The predicted molar refractivity (Wildman–Crippen MR) is 78.9 cm³/mol. The molecule has 1 amide bonds. The molecule has 1 aromatic heterocycles. The first-order valence-electron chi connectivity index (χ1n) is 6.57. The molecule has 2 heterocycles. The van der Waals surface area contributed by atoms with Gasteiger partial charge in [0.2, 0.25) is 5.91 Å². The van der Waals surface area contributed by atoms with E-state index in [1.54, 1.807) is 6.92 Å². The van der Waals surface area contributed by atoms with Crippen molar-refractivity contribution < 1.29 is 9.53 Å². The average molecular weight is 303 g/mol. The Morgan fingerprint density at radius 2 is 2.15 bits per heavy atom. The lowest BCUT2D eigenvalue weighted by molar-refractivity contribution is -0.141. The van der Waals surface area contributed by atoms with Crippen molar-refractivity contribution in [2.75, 3.05) is 19.8 Å². The predicted octanol–water partition coefficient (Wildman–Crippen LogP) is 0.706. The van der Waals surface area contributed by atoms with Crippen LogP contribution >= 0.6 is 12.4 Å². The molecule has 0 radical (unpaired) electrons. The van der Waals surface area contributed by atoms with Gasteiger partial charge in [-0.1, -0.05) is 0 Å². The molecule has 0 saturated carbocycles. The zero-order valence-corrected chi connectivity index (χ0v) is 13.2. The summed E-state index contributed by atoms with van der Waals surface area (Å²) >= 11 is 0. The molecule has 0 aromatic carbocycles. The second kappa shape index (κ2) is 6.56. The highest BCUT2D eigenvalue weighted by Crippen LogP contribution is 2.29. The fourth-order valence-corrected chi connectivity index (χ4v) is 2.64. The van der Waals surface area contributed by atoms with Crippen molar-refractivity contribution in [2.45, 2.75) is 32.9 Å². The second-order valence-corrected chi connectivity index (χ2v) is 5.12. The van der Waals surface area contributed by atoms with E-state index < -0.39 is 6.04 Å². The monoisotopic (exact) mass is 302 g/mol. The molecule has 0 aliphatic carbocycles. The first-order valence-corrected chi connectivity index (χ1v) is 6.57. The molecule has 1 aromatic rings. The summed E-state index contributed by atoms with van der Waals surface area (Å²) in [5.41, 5.74) is 8.82. The Labute approximate surface area is 125 Å². The van der Waals surface area contributed by atoms with E-state index in [1.807, 2.05) is 30.5 Å². The number of halogens is 1. The zero-order valence-electron chi connectivity index (χ0n) is 12.4. The number of carbonyl (C=O) groups excluding carboxylic acids is 1. The number of morpholine rings is 1. The van der Waals surface area contributed by atoms with Gasteiger partial charge in [0.1, 0.15) is 0 Å². The topological polar surface area (TPSA) is 73.4 Å². The van der Waals surface area contributed by atoms with Gasteiger partial charge in [0.05, 0.1) is 31.0 Å². The molecule has 2 rings (SSSR count). The lowest BCUT2D eigenvalue weighted by Crippen LogP contribution is -2.49. The van der Waals surface area contributed by atoms with E-state index in [1.165, 1.54) is 0 Å². The number of ether oxygens (including phenoxy) is 1. The molecule has 0 bridgehead atoms. The van der Waals surface area contributed by atoms with Crippen LogP contribution in [-0.2, 0) is 16.6 Å². The minimum Gasteiger partial charge on any atom is -0.377 e. The van der Waals surface area contributed by atoms with Crippen LogP contribution in [0.3, 0.4) is 0 Å². The summed E-state index contributed by atoms with van der Waals surface area (Å²) in [7, 11) is 1.91. The molecule has 7 heteroatoms. The number of carbonyl (C=O) groups is 1. The van der Waals surface area contributed by atoms with Gasteiger partial charge in [0.15, 0.2) is 0 Å². The Bertz CT molecular complexity index is 487. The van der Waals surface area contributed by atoms with E-state index in [0.29, 0.717) is 19.8 Å². The van der Waals surface area contributed by atoms with Crippen molar-refractivity contribution in [3.05, 3.63) is 17.0 Å². The summed E-state index contributed by atoms with van der Waals surface area (Å²) in [4.78, 5) is 14.1. The molecule has 1 aliphatic rings. The van der Waals surface area contributed by atoms with Gasteiger partial charge in [-0.05, 0) is 20.8 Å². The first-order chi connectivity index (χ1) is 8.93. The van der Waals surface area contributed by atoms with Crippen LogP contribution in [0.4, 0.5) is 0 Å². The number of amides is 1. The summed E-state index contributed by atoms with van der Waals surface area (Å²) in [5, 5.41) is 4.42. The number of rotatable bonds is 2. The van der Waals surface area contributed by atoms with Crippen LogP contribution in [0.1, 0.15) is 29.9 Å². The number of nitrogens with two attached hydrogens (primary N) is 1. The third-order valence-electron chi connectivity index (χ3n) is 3.70. The third kappa shape index (κ3) is 2.97. The van der Waals surface area contributed by atoms with Gasteiger partial charge >= 0.3 is 0 Å². The first kappa shape index (κ1) is 16.9. The van der Waals surface area contributed by atoms with Gasteiger partial charge in [-0.15, -0.1) is 12.4 Å². The third-order valence-corrected chi connectivity index (χ3v) is 3.70. The van der Waals surface area contributed by atoms with E-state index in [4.69, 9.17) is 10.5 Å². The van der Waals surface area contributed by atoms with Crippen LogP contribution in [0.2, 0.25) is 0 Å². The van der Waals surface area contributed by atoms with Crippen molar-refractivity contribution in [3.63, 3.8) is 0 Å². The highest BCUT2D eigenvalue weighted by atomic mass is 35.5. The highest BCUT2D eigenvalue weighted by Gasteiger charge is 2.33. The number of aryl methyl sites for hydroxylation is 2. The van der Waals surface area contributed by atoms with Crippen LogP contribution < -0.4 is 5.73 Å². The molecule has 2 atom stereocenters. The van der Waals surface area contributed by atoms with Crippen LogP contribution in [-0.4, -0.2) is 46.4 Å². The van der Waals surface area contributed by atoms with Crippen molar-refractivity contribution in [3.8, 4) is 0 Å². The number of nitrogens with zero attached hydrogens (tertiary/aromatic N) is 3. The lowest BCUT2D eigenvalue weighted by atomic mass is 10.0. The van der Waals surface area contributed by atoms with Crippen molar-refractivity contribution >= 4 is 18.3 Å². The lowest BCUT2D eigenvalue weighted by Gasteiger charge is -2.37. The maximum Gasteiger partial charge on any atom is 0.239 e. The minimum atomic E-state index is -0.488. The molecule has 0 spiro atoms. The number of hydrogen-bond donors (Lipinski definition) is 1. The molecule has 1 unspecified atom stereocenters. The summed E-state index contributed by atoms with van der Waals surface area (Å²) in [6.45, 7) is 7.35. The number of hydrogen-bond acceptors (Lipinski definition) is 4. The summed E-state index contributed by atoms with van der Waals surface area (Å²) < 4.78 is 7.39. The Balaban J connectivity index is 0.00000200. The fourth-order valence-electron chi connectivity index (χ4n) is 2.64. The van der Waals surface area contributed by atoms with E-state index in [0.717, 1.165) is 17.0 Å². The van der Waals surface area contributed by atoms with Gasteiger partial charge in [-0.2, -0.15) is 5.10 Å². The normalized spacial score (nSPS) is 20.4. The van der Waals surface area contributed by atoms with Crippen LogP contribution in [0.5, 0.6) is 0 Å². The molecule has 1 saturated heterocycles. The Morgan fingerprint density at radius 3 is 2.65 bits per heavy atom. The maximum atomic E-state index is 12.2. The van der Waals surface area contributed by atoms with E-state index in [-0.39, 0.29) is 24.4 Å². The Morgan fingerprint density at radius 1 is 1.50 bits per heavy atom. The largest absolute Gasteiger partial charge is 0.377 e. The van der Waals surface area contributed by atoms with E-state index in [9.17, 15) is 4.79 Å². The van der Waals surface area contributed by atoms with Gasteiger partial charge in [-0.3, -0.25) is 9.48 Å². The molecule has 2 N–H and O–H groups in total. The van der Waals surface area contributed by atoms with E-state index >= 15 is 0 Å². The maximum absolute atomic E-state index is 12.2. The van der Waals surface area contributed by atoms with Crippen LogP contribution in [0.25, 0.3) is 0 Å². The summed E-state index contributed by atoms with van der Waals surface area (Å²) in [5.74, 6) is -0.0315. The molecular formula is C13H23ClN4O2. The SMILES string of the molecule is Cc1nn(C)c(C)c1C1COCCN1C(=O)[C@@H](C)N.Cl. The molecule has 6 nitrogen and oxygen atoms in total. The van der Waals surface area contributed by atoms with Crippen molar-refractivity contribution in [1.82, 2.24) is 14.7 Å². The fraction of sp³-hybridized carbons (Fsp3) is 0.692. The summed E-state index contributed by atoms with van der Waals surface area (Å²) in [6, 6.07) is -0.571. The standard InChI is InChI=1S/C13H22N4O2.ClH/c1-8(14)13(18)17-5-6-19-7-11(17)12-9(2)15-16(4)10(12)3;/h8,11H,5-7,14H2,1-4H3;1H/t8-,11?;/m1./s1. The minimum absolute atomic E-state index is 0. The molecule has 1 aliphatic heterocycles. The molecular weight excluding hydrogens is 280 g/mol. The highest BCUT2D eigenvalue weighted by molar-refractivity contribution is 5.85. The molecule has 114 valence electrons. The Kier molecular flexibility index (Phi) is 5.56. The quantitative estimate of drug-likeness (QED) is 0.873. The number of aromatic nitrogens is 2. The van der Waals surface area contributed by atoms with Crippen molar-refractivity contribution in [1.29, 1.82) is 0 Å². The van der Waals surface area contributed by atoms with Gasteiger partial charge in [0.25, 0.3) is 0 Å². The summed E-state index contributed by atoms with van der Waals surface area (Å²) in [6.07, 6.45) is 0. The van der Waals surface area contributed by atoms with Crippen molar-refractivity contribution in [2.24, 2.45) is 12.8 Å². The molecule has 20 heavy (non-hydrogen) atoms. The van der Waals surface area contributed by atoms with E-state index in [2.05, 4.69) is 5.10 Å². The second-order valence-electron chi connectivity index (χ2n) is 5.12. The Hall–Kier alpha value is -1.11.